The van der Waals surface area contributed by atoms with Gasteiger partial charge in [0.15, 0.2) is 0 Å². The lowest BCUT2D eigenvalue weighted by molar-refractivity contribution is -0.164. The first-order chi connectivity index (χ1) is 15.0. The minimum absolute atomic E-state index is 0.124. The van der Waals surface area contributed by atoms with Crippen LogP contribution in [0.1, 0.15) is 92.9 Å². The molecule has 5 aliphatic rings. The molecule has 5 saturated carbocycles. The third kappa shape index (κ3) is 2.89. The molecular formula is C29H50O3. The first kappa shape index (κ1) is 23.6. The number of fused-ring (bicyclic) bond motifs is 4. The topological polar surface area (TPSA) is 49.7 Å². The van der Waals surface area contributed by atoms with Gasteiger partial charge in [-0.25, -0.2) is 0 Å². The number of aliphatic hydroxyl groups excluding tert-OH is 2. The molecule has 0 radical (unpaired) electrons. The zero-order chi connectivity index (χ0) is 23.2. The van der Waals surface area contributed by atoms with Crippen LogP contribution in [0.2, 0.25) is 0 Å². The first-order valence-corrected chi connectivity index (χ1v) is 13.9. The molecule has 1 spiro atoms. The Labute approximate surface area is 197 Å². The summed E-state index contributed by atoms with van der Waals surface area (Å²) in [6.45, 7) is 13.8. The van der Waals surface area contributed by atoms with E-state index in [2.05, 4.69) is 41.5 Å². The van der Waals surface area contributed by atoms with Crippen LogP contribution >= 0.6 is 0 Å². The molecule has 0 saturated heterocycles. The third-order valence-corrected chi connectivity index (χ3v) is 13.0. The van der Waals surface area contributed by atoms with E-state index in [1.165, 1.54) is 51.4 Å². The van der Waals surface area contributed by atoms with Gasteiger partial charge in [-0.3, -0.25) is 0 Å². The summed E-state index contributed by atoms with van der Waals surface area (Å²) in [7, 11) is 1.98. The maximum Gasteiger partial charge on any atom is 0.0830 e. The van der Waals surface area contributed by atoms with Crippen LogP contribution in [0.5, 0.6) is 0 Å². The van der Waals surface area contributed by atoms with Crippen molar-refractivity contribution in [1.29, 1.82) is 0 Å². The number of hydrogen-bond acceptors (Lipinski definition) is 3. The molecule has 0 aliphatic heterocycles. The molecule has 32 heavy (non-hydrogen) atoms. The molecule has 184 valence electrons. The molecule has 0 amide bonds. The smallest absolute Gasteiger partial charge is 0.0830 e. The number of rotatable bonds is 6. The van der Waals surface area contributed by atoms with Crippen molar-refractivity contribution in [3.8, 4) is 0 Å². The highest BCUT2D eigenvalue weighted by atomic mass is 16.5. The molecule has 0 aromatic carbocycles. The Bertz CT molecular complexity index is 721. The number of hydrogen-bond donors (Lipinski definition) is 2. The largest absolute Gasteiger partial charge is 0.390 e. The third-order valence-electron chi connectivity index (χ3n) is 13.0. The van der Waals surface area contributed by atoms with E-state index in [0.29, 0.717) is 34.2 Å². The Morgan fingerprint density at radius 3 is 2.22 bits per heavy atom. The fraction of sp³-hybridized carbons (Fsp3) is 1.00. The molecule has 5 fully saturated rings. The van der Waals surface area contributed by atoms with E-state index >= 15 is 0 Å². The van der Waals surface area contributed by atoms with E-state index in [1.807, 2.05) is 7.11 Å². The van der Waals surface area contributed by atoms with Crippen molar-refractivity contribution < 1.29 is 14.9 Å². The van der Waals surface area contributed by atoms with Gasteiger partial charge in [0.2, 0.25) is 0 Å². The standard InChI is InChI=1S/C29H50O3/c1-16(2)17(3)25(30)26(31)18(4)21-8-9-22-20-14-24(32-7)29-15-19(29)10-13-28(29,6)23(20)11-12-27(21,22)5/h16-26,30-31H,8-15H2,1-7H3/t17-,18+,19-,20+,21-,22+,23+,24-,25-,26-,27-,28-,29+/m1/s1. The first-order valence-electron chi connectivity index (χ1n) is 13.9. The van der Waals surface area contributed by atoms with Crippen molar-refractivity contribution in [3.05, 3.63) is 0 Å². The predicted octanol–water partition coefficient (Wildman–Crippen LogP) is 5.92. The molecular weight excluding hydrogens is 396 g/mol. The quantitative estimate of drug-likeness (QED) is 0.532. The van der Waals surface area contributed by atoms with E-state index in [9.17, 15) is 10.2 Å². The van der Waals surface area contributed by atoms with E-state index < -0.39 is 12.2 Å². The highest BCUT2D eigenvalue weighted by Crippen LogP contribution is 2.82. The molecule has 2 N–H and O–H groups in total. The summed E-state index contributed by atoms with van der Waals surface area (Å²) in [4.78, 5) is 0. The second-order valence-electron chi connectivity index (χ2n) is 13.9. The van der Waals surface area contributed by atoms with Crippen molar-refractivity contribution >= 4 is 0 Å². The predicted molar refractivity (Wildman–Crippen MR) is 129 cm³/mol. The lowest BCUT2D eigenvalue weighted by Crippen LogP contribution is -2.57. The van der Waals surface area contributed by atoms with Crippen LogP contribution in [0.25, 0.3) is 0 Å². The monoisotopic (exact) mass is 446 g/mol. The van der Waals surface area contributed by atoms with Gasteiger partial charge >= 0.3 is 0 Å². The Hall–Kier alpha value is -0.120. The van der Waals surface area contributed by atoms with E-state index in [0.717, 1.165) is 23.7 Å². The number of aliphatic hydroxyl groups is 2. The van der Waals surface area contributed by atoms with Crippen LogP contribution in [0.3, 0.4) is 0 Å². The highest BCUT2D eigenvalue weighted by Gasteiger charge is 2.77. The summed E-state index contributed by atoms with van der Waals surface area (Å²) < 4.78 is 6.27. The Balaban J connectivity index is 1.38. The van der Waals surface area contributed by atoms with Gasteiger partial charge in [0, 0.05) is 12.5 Å². The molecule has 0 aromatic heterocycles. The van der Waals surface area contributed by atoms with Crippen LogP contribution < -0.4 is 0 Å². The van der Waals surface area contributed by atoms with Gasteiger partial charge in [-0.05, 0) is 110 Å². The van der Waals surface area contributed by atoms with Gasteiger partial charge in [-0.1, -0.05) is 41.5 Å². The van der Waals surface area contributed by atoms with Crippen molar-refractivity contribution in [2.45, 2.75) is 111 Å². The summed E-state index contributed by atoms with van der Waals surface area (Å²) in [6, 6.07) is 0. The fourth-order valence-electron chi connectivity index (χ4n) is 10.7. The molecule has 0 bridgehead atoms. The molecule has 3 heteroatoms. The summed E-state index contributed by atoms with van der Waals surface area (Å²) in [6.07, 6.45) is 9.94. The molecule has 5 rings (SSSR count). The van der Waals surface area contributed by atoms with Crippen molar-refractivity contribution in [2.24, 2.45) is 63.6 Å². The average molecular weight is 447 g/mol. The van der Waals surface area contributed by atoms with Crippen LogP contribution in [0, 0.1) is 63.6 Å². The molecule has 0 unspecified atom stereocenters. The lowest BCUT2D eigenvalue weighted by Gasteiger charge is -2.61. The molecule has 0 heterocycles. The molecule has 0 aromatic rings. The maximum absolute atomic E-state index is 11.2. The zero-order valence-corrected chi connectivity index (χ0v) is 21.8. The second kappa shape index (κ2) is 7.69. The van der Waals surface area contributed by atoms with Crippen molar-refractivity contribution in [3.63, 3.8) is 0 Å². The molecule has 13 atom stereocenters. The summed E-state index contributed by atoms with van der Waals surface area (Å²) in [5.41, 5.74) is 1.27. The maximum atomic E-state index is 11.2. The normalized spacial score (nSPS) is 53.1. The van der Waals surface area contributed by atoms with Crippen molar-refractivity contribution in [1.82, 2.24) is 0 Å². The minimum atomic E-state index is -0.624. The Kier molecular flexibility index (Phi) is 5.67. The molecule has 5 aliphatic carbocycles. The minimum Gasteiger partial charge on any atom is -0.390 e. The average Bonchev–Trinajstić information content (AvgIpc) is 3.28. The lowest BCUT2D eigenvalue weighted by atomic mass is 9.45. The Morgan fingerprint density at radius 2 is 1.59 bits per heavy atom. The second-order valence-corrected chi connectivity index (χ2v) is 13.9. The van der Waals surface area contributed by atoms with Crippen LogP contribution in [-0.4, -0.2) is 35.6 Å². The summed E-state index contributed by atoms with van der Waals surface area (Å²) >= 11 is 0. The van der Waals surface area contributed by atoms with Crippen LogP contribution in [-0.2, 0) is 4.74 Å². The zero-order valence-electron chi connectivity index (χ0n) is 21.8. The van der Waals surface area contributed by atoms with E-state index in [-0.39, 0.29) is 11.8 Å². The van der Waals surface area contributed by atoms with Gasteiger partial charge in [-0.2, -0.15) is 0 Å². The number of methoxy groups -OCH3 is 1. The summed E-state index contributed by atoms with van der Waals surface area (Å²) in [5.74, 6) is 4.51. The SMILES string of the molecule is CO[C@@H]1C[C@H]2[C@@H]3CC[C@H]([C@H](C)[C@@H](O)[C@H](O)[C@H](C)C(C)C)[C@@]3(C)CC[C@@H]2[C@@]2(C)CC[C@@H]3C[C@]312. The van der Waals surface area contributed by atoms with Crippen LogP contribution in [0.15, 0.2) is 0 Å². The van der Waals surface area contributed by atoms with Gasteiger partial charge in [-0.15, -0.1) is 0 Å². The summed E-state index contributed by atoms with van der Waals surface area (Å²) in [5, 5.41) is 22.1. The Morgan fingerprint density at radius 1 is 0.875 bits per heavy atom. The van der Waals surface area contributed by atoms with Crippen LogP contribution in [0.4, 0.5) is 0 Å². The van der Waals surface area contributed by atoms with E-state index in [1.54, 1.807) is 0 Å². The number of ether oxygens (including phenoxy) is 1. The van der Waals surface area contributed by atoms with E-state index in [4.69, 9.17) is 4.74 Å². The highest BCUT2D eigenvalue weighted by molar-refractivity contribution is 5.26. The van der Waals surface area contributed by atoms with Crippen molar-refractivity contribution in [2.75, 3.05) is 7.11 Å². The fourth-order valence-corrected chi connectivity index (χ4v) is 10.7. The van der Waals surface area contributed by atoms with Gasteiger partial charge in [0.1, 0.15) is 0 Å². The van der Waals surface area contributed by atoms with Gasteiger partial charge < -0.3 is 14.9 Å². The van der Waals surface area contributed by atoms with Gasteiger partial charge in [0.25, 0.3) is 0 Å². The molecule has 3 nitrogen and oxygen atoms in total. The van der Waals surface area contributed by atoms with Gasteiger partial charge in [0.05, 0.1) is 18.3 Å².